The number of benzene rings is 2. The highest BCUT2D eigenvalue weighted by atomic mass is 79.9. The summed E-state index contributed by atoms with van der Waals surface area (Å²) in [6.45, 7) is 4.64. The Hall–Kier alpha value is -1.81. The van der Waals surface area contributed by atoms with Gasteiger partial charge in [-0.25, -0.2) is 0 Å². The van der Waals surface area contributed by atoms with Crippen molar-refractivity contribution in [2.24, 2.45) is 0 Å². The van der Waals surface area contributed by atoms with Crippen LogP contribution in [-0.2, 0) is 11.3 Å². The highest BCUT2D eigenvalue weighted by molar-refractivity contribution is 9.10. The molecule has 0 aliphatic carbocycles. The third-order valence-electron chi connectivity index (χ3n) is 3.46. The van der Waals surface area contributed by atoms with Gasteiger partial charge in [0.25, 0.3) is 5.91 Å². The Morgan fingerprint density at radius 1 is 1.14 bits per heavy atom. The number of likely N-dealkylation sites (N-methyl/N-ethyl adjacent to an activating group) is 1. The minimum Gasteiger partial charge on any atom is -0.484 e. The lowest BCUT2D eigenvalue weighted by Crippen LogP contribution is -2.30. The van der Waals surface area contributed by atoms with Crippen molar-refractivity contribution in [3.05, 3.63) is 63.6 Å². The molecule has 0 aliphatic rings. The summed E-state index contributed by atoms with van der Waals surface area (Å²) in [5.41, 5.74) is 3.30. The van der Waals surface area contributed by atoms with Crippen molar-refractivity contribution in [2.45, 2.75) is 20.4 Å². The lowest BCUT2D eigenvalue weighted by Gasteiger charge is -2.18. The predicted octanol–water partition coefficient (Wildman–Crippen LogP) is 4.10. The van der Waals surface area contributed by atoms with Gasteiger partial charge < -0.3 is 9.64 Å². The van der Waals surface area contributed by atoms with E-state index in [1.54, 1.807) is 11.9 Å². The number of rotatable bonds is 5. The Morgan fingerprint density at radius 2 is 1.73 bits per heavy atom. The molecule has 2 rings (SSSR count). The van der Waals surface area contributed by atoms with Crippen LogP contribution in [0.25, 0.3) is 0 Å². The van der Waals surface area contributed by atoms with Crippen molar-refractivity contribution >= 4 is 21.8 Å². The first kappa shape index (κ1) is 16.6. The van der Waals surface area contributed by atoms with Crippen LogP contribution in [-0.4, -0.2) is 24.5 Å². The van der Waals surface area contributed by atoms with Gasteiger partial charge in [0, 0.05) is 18.1 Å². The number of carbonyl (C=O) groups is 1. The van der Waals surface area contributed by atoms with Crippen molar-refractivity contribution in [1.82, 2.24) is 4.90 Å². The highest BCUT2D eigenvalue weighted by Gasteiger charge is 2.11. The van der Waals surface area contributed by atoms with Gasteiger partial charge in [-0.05, 0) is 42.7 Å². The first-order valence-electron chi connectivity index (χ1n) is 7.15. The zero-order valence-corrected chi connectivity index (χ0v) is 14.7. The number of hydrogen-bond donors (Lipinski definition) is 0. The van der Waals surface area contributed by atoms with Gasteiger partial charge in [-0.1, -0.05) is 46.3 Å². The first-order chi connectivity index (χ1) is 10.5. The maximum atomic E-state index is 12.1. The molecule has 0 spiro atoms. The first-order valence-corrected chi connectivity index (χ1v) is 7.94. The van der Waals surface area contributed by atoms with Crippen molar-refractivity contribution in [2.75, 3.05) is 13.7 Å². The monoisotopic (exact) mass is 361 g/mol. The Kier molecular flexibility index (Phi) is 5.61. The molecule has 0 bridgehead atoms. The van der Waals surface area contributed by atoms with E-state index in [9.17, 15) is 4.79 Å². The average Bonchev–Trinajstić information content (AvgIpc) is 2.51. The lowest BCUT2D eigenvalue weighted by molar-refractivity contribution is -0.132. The van der Waals surface area contributed by atoms with Gasteiger partial charge in [-0.15, -0.1) is 0 Å². The summed E-state index contributed by atoms with van der Waals surface area (Å²) < 4.78 is 6.71. The molecule has 0 aromatic heterocycles. The van der Waals surface area contributed by atoms with Crippen LogP contribution in [0.3, 0.4) is 0 Å². The van der Waals surface area contributed by atoms with Crippen LogP contribution in [0.1, 0.15) is 16.7 Å². The zero-order valence-electron chi connectivity index (χ0n) is 13.1. The quantitative estimate of drug-likeness (QED) is 0.801. The molecule has 1 amide bonds. The third-order valence-corrected chi connectivity index (χ3v) is 4.71. The number of hydrogen-bond acceptors (Lipinski definition) is 2. The number of ether oxygens (including phenoxy) is 1. The fraction of sp³-hybridized carbons (Fsp3) is 0.278. The minimum absolute atomic E-state index is 0.0397. The molecule has 4 heteroatoms. The molecule has 0 atom stereocenters. The lowest BCUT2D eigenvalue weighted by atomic mass is 10.1. The predicted molar refractivity (Wildman–Crippen MR) is 92.0 cm³/mol. The summed E-state index contributed by atoms with van der Waals surface area (Å²) in [6.07, 6.45) is 0. The van der Waals surface area contributed by atoms with E-state index in [4.69, 9.17) is 4.74 Å². The topological polar surface area (TPSA) is 29.5 Å². The second-order valence-corrected chi connectivity index (χ2v) is 6.19. The van der Waals surface area contributed by atoms with Gasteiger partial charge in [0.05, 0.1) is 0 Å². The number of aryl methyl sites for hydroxylation is 2. The fourth-order valence-corrected chi connectivity index (χ4v) is 2.42. The molecule has 2 aromatic carbocycles. The molecule has 3 nitrogen and oxygen atoms in total. The van der Waals surface area contributed by atoms with E-state index in [2.05, 4.69) is 15.9 Å². The second-order valence-electron chi connectivity index (χ2n) is 5.40. The van der Waals surface area contributed by atoms with E-state index in [1.807, 2.05) is 56.3 Å². The minimum atomic E-state index is -0.0397. The molecule has 0 unspecified atom stereocenters. The Morgan fingerprint density at radius 3 is 2.32 bits per heavy atom. The van der Waals surface area contributed by atoms with Crippen molar-refractivity contribution in [1.29, 1.82) is 0 Å². The summed E-state index contributed by atoms with van der Waals surface area (Å²) >= 11 is 3.52. The molecule has 0 aliphatic heterocycles. The standard InChI is InChI=1S/C18H20BrNO2/c1-13-9-16(10-14(2)18(13)19)22-12-17(21)20(3)11-15-7-5-4-6-8-15/h4-10H,11-12H2,1-3H3. The molecule has 0 saturated carbocycles. The van der Waals surface area contributed by atoms with Crippen LogP contribution in [0, 0.1) is 13.8 Å². The largest absolute Gasteiger partial charge is 0.484 e. The highest BCUT2D eigenvalue weighted by Crippen LogP contribution is 2.26. The summed E-state index contributed by atoms with van der Waals surface area (Å²) in [5, 5.41) is 0. The third kappa shape index (κ3) is 4.34. The second kappa shape index (κ2) is 7.45. The molecular formula is C18H20BrNO2. The van der Waals surface area contributed by atoms with Crippen LogP contribution in [0.15, 0.2) is 46.9 Å². The van der Waals surface area contributed by atoms with Crippen LogP contribution < -0.4 is 4.74 Å². The summed E-state index contributed by atoms with van der Waals surface area (Å²) in [6, 6.07) is 13.8. The normalized spacial score (nSPS) is 10.4. The molecule has 0 saturated heterocycles. The Bertz CT molecular complexity index is 632. The number of halogens is 1. The van der Waals surface area contributed by atoms with E-state index in [0.717, 1.165) is 26.9 Å². The molecule has 0 fully saturated rings. The molecule has 0 radical (unpaired) electrons. The maximum absolute atomic E-state index is 12.1. The van der Waals surface area contributed by atoms with E-state index in [0.29, 0.717) is 6.54 Å². The Labute approximate surface area is 140 Å². The Balaban J connectivity index is 1.92. The number of nitrogens with zero attached hydrogens (tertiary/aromatic N) is 1. The fourth-order valence-electron chi connectivity index (χ4n) is 2.19. The van der Waals surface area contributed by atoms with Gasteiger partial charge in [0.15, 0.2) is 6.61 Å². The van der Waals surface area contributed by atoms with Gasteiger partial charge in [0.1, 0.15) is 5.75 Å². The SMILES string of the molecule is Cc1cc(OCC(=O)N(C)Cc2ccccc2)cc(C)c1Br. The van der Waals surface area contributed by atoms with Gasteiger partial charge in [0.2, 0.25) is 0 Å². The van der Waals surface area contributed by atoms with Crippen LogP contribution in [0.4, 0.5) is 0 Å². The van der Waals surface area contributed by atoms with Crippen molar-refractivity contribution in [3.8, 4) is 5.75 Å². The van der Waals surface area contributed by atoms with E-state index >= 15 is 0 Å². The molecule has 0 N–H and O–H groups in total. The van der Waals surface area contributed by atoms with Gasteiger partial charge in [-0.2, -0.15) is 0 Å². The van der Waals surface area contributed by atoms with Crippen molar-refractivity contribution < 1.29 is 9.53 Å². The molecular weight excluding hydrogens is 342 g/mol. The van der Waals surface area contributed by atoms with Crippen LogP contribution in [0.2, 0.25) is 0 Å². The summed E-state index contributed by atoms with van der Waals surface area (Å²) in [5.74, 6) is 0.682. The number of amides is 1. The molecule has 0 heterocycles. The van der Waals surface area contributed by atoms with Crippen LogP contribution >= 0.6 is 15.9 Å². The summed E-state index contributed by atoms with van der Waals surface area (Å²) in [4.78, 5) is 13.8. The zero-order chi connectivity index (χ0) is 16.1. The van der Waals surface area contributed by atoms with E-state index in [1.165, 1.54) is 0 Å². The van der Waals surface area contributed by atoms with Crippen LogP contribution in [0.5, 0.6) is 5.75 Å². The summed E-state index contributed by atoms with van der Waals surface area (Å²) in [7, 11) is 1.79. The molecule has 2 aromatic rings. The van der Waals surface area contributed by atoms with Crippen molar-refractivity contribution in [3.63, 3.8) is 0 Å². The molecule has 22 heavy (non-hydrogen) atoms. The number of carbonyl (C=O) groups excluding carboxylic acids is 1. The maximum Gasteiger partial charge on any atom is 0.260 e. The molecule has 116 valence electrons. The van der Waals surface area contributed by atoms with Gasteiger partial charge >= 0.3 is 0 Å². The van der Waals surface area contributed by atoms with E-state index in [-0.39, 0.29) is 12.5 Å². The van der Waals surface area contributed by atoms with E-state index < -0.39 is 0 Å². The smallest absolute Gasteiger partial charge is 0.260 e. The van der Waals surface area contributed by atoms with Gasteiger partial charge in [-0.3, -0.25) is 4.79 Å². The average molecular weight is 362 g/mol.